The van der Waals surface area contributed by atoms with E-state index in [1.54, 1.807) is 13.0 Å². The number of benzene rings is 1. The van der Waals surface area contributed by atoms with Gasteiger partial charge in [-0.2, -0.15) is 9.98 Å². The van der Waals surface area contributed by atoms with E-state index in [0.29, 0.717) is 12.5 Å². The predicted molar refractivity (Wildman–Crippen MR) is 67.8 cm³/mol. The van der Waals surface area contributed by atoms with E-state index in [9.17, 15) is 17.6 Å². The monoisotopic (exact) mass is 300 g/mol. The number of aliphatic carboxylic acids is 1. The van der Waals surface area contributed by atoms with Gasteiger partial charge in [-0.3, -0.25) is 4.79 Å². The van der Waals surface area contributed by atoms with E-state index >= 15 is 0 Å². The van der Waals surface area contributed by atoms with E-state index in [1.807, 2.05) is 4.72 Å². The number of hydrogen-bond donors (Lipinski definition) is 2. The summed E-state index contributed by atoms with van der Waals surface area (Å²) in [7, 11) is -4.15. The second-order valence-corrected chi connectivity index (χ2v) is 5.77. The Morgan fingerprint density at radius 1 is 1.55 bits per heavy atom. The number of hydrogen-bond acceptors (Lipinski definition) is 4. The van der Waals surface area contributed by atoms with Crippen molar-refractivity contribution in [3.8, 4) is 6.07 Å². The Hall–Kier alpha value is -1.98. The van der Waals surface area contributed by atoms with Gasteiger partial charge in [-0.25, -0.2) is 12.8 Å². The minimum Gasteiger partial charge on any atom is -0.480 e. The third kappa shape index (κ3) is 3.76. The smallest absolute Gasteiger partial charge is 0.321 e. The van der Waals surface area contributed by atoms with Crippen molar-refractivity contribution in [3.05, 3.63) is 29.6 Å². The van der Waals surface area contributed by atoms with Crippen molar-refractivity contribution in [1.82, 2.24) is 4.72 Å². The maximum absolute atomic E-state index is 13.4. The number of nitrogens with one attached hydrogen (secondary N) is 1. The molecular weight excluding hydrogens is 287 g/mol. The molecule has 1 unspecified atom stereocenters. The molecule has 2 N–H and O–H groups in total. The Morgan fingerprint density at radius 3 is 2.65 bits per heavy atom. The standard InChI is InChI=1S/C12H13FN2O4S/c1-2-3-11(12(16)17)15-20(18,19)9-5-4-8(7-14)10(13)6-9/h4-6,11,15H,2-3H2,1H3,(H,16,17). The number of carbonyl (C=O) groups is 1. The highest BCUT2D eigenvalue weighted by Crippen LogP contribution is 2.15. The van der Waals surface area contributed by atoms with E-state index in [1.165, 1.54) is 0 Å². The van der Waals surface area contributed by atoms with E-state index in [0.717, 1.165) is 12.1 Å². The van der Waals surface area contributed by atoms with Gasteiger partial charge in [0, 0.05) is 0 Å². The van der Waals surface area contributed by atoms with Crippen molar-refractivity contribution < 1.29 is 22.7 Å². The summed E-state index contributed by atoms with van der Waals surface area (Å²) in [6.07, 6.45) is 0.592. The Kier molecular flexibility index (Phi) is 5.19. The third-order valence-corrected chi connectivity index (χ3v) is 4.01. The van der Waals surface area contributed by atoms with E-state index in [4.69, 9.17) is 10.4 Å². The van der Waals surface area contributed by atoms with Gasteiger partial charge in [0.05, 0.1) is 10.5 Å². The predicted octanol–water partition coefficient (Wildman–Crippen LogP) is 1.23. The molecule has 1 atom stereocenters. The van der Waals surface area contributed by atoms with Gasteiger partial charge in [0.1, 0.15) is 17.9 Å². The van der Waals surface area contributed by atoms with Crippen molar-refractivity contribution in [2.75, 3.05) is 0 Å². The van der Waals surface area contributed by atoms with Crippen LogP contribution in [-0.4, -0.2) is 25.5 Å². The van der Waals surface area contributed by atoms with Gasteiger partial charge in [0.15, 0.2) is 0 Å². The van der Waals surface area contributed by atoms with Crippen LogP contribution >= 0.6 is 0 Å². The zero-order valence-corrected chi connectivity index (χ0v) is 11.4. The first-order valence-corrected chi connectivity index (χ1v) is 7.25. The van der Waals surface area contributed by atoms with Crippen LogP contribution in [0.5, 0.6) is 0 Å². The summed E-state index contributed by atoms with van der Waals surface area (Å²) in [6.45, 7) is 1.71. The quantitative estimate of drug-likeness (QED) is 0.821. The summed E-state index contributed by atoms with van der Waals surface area (Å²) in [4.78, 5) is 10.5. The fourth-order valence-corrected chi connectivity index (χ4v) is 2.77. The molecule has 0 aliphatic carbocycles. The molecule has 1 aromatic rings. The largest absolute Gasteiger partial charge is 0.480 e. The Morgan fingerprint density at radius 2 is 2.20 bits per heavy atom. The lowest BCUT2D eigenvalue weighted by Crippen LogP contribution is -2.40. The molecule has 6 nitrogen and oxygen atoms in total. The lowest BCUT2D eigenvalue weighted by Gasteiger charge is -2.14. The molecule has 0 aromatic heterocycles. The van der Waals surface area contributed by atoms with E-state index < -0.39 is 32.7 Å². The molecule has 0 radical (unpaired) electrons. The highest BCUT2D eigenvalue weighted by molar-refractivity contribution is 7.89. The number of carboxylic acids is 1. The van der Waals surface area contributed by atoms with Crippen LogP contribution in [0.3, 0.4) is 0 Å². The van der Waals surface area contributed by atoms with Gasteiger partial charge in [0.25, 0.3) is 0 Å². The van der Waals surface area contributed by atoms with E-state index in [-0.39, 0.29) is 12.0 Å². The van der Waals surface area contributed by atoms with Gasteiger partial charge in [0.2, 0.25) is 10.0 Å². The lowest BCUT2D eigenvalue weighted by molar-refractivity contribution is -0.139. The first kappa shape index (κ1) is 16.1. The number of rotatable bonds is 6. The highest BCUT2D eigenvalue weighted by atomic mass is 32.2. The van der Waals surface area contributed by atoms with Crippen molar-refractivity contribution in [3.63, 3.8) is 0 Å². The first-order chi connectivity index (χ1) is 9.31. The molecule has 108 valence electrons. The summed E-state index contributed by atoms with van der Waals surface area (Å²) in [5, 5.41) is 17.5. The van der Waals surface area contributed by atoms with Gasteiger partial charge in [-0.15, -0.1) is 0 Å². The molecule has 0 amide bonds. The minimum atomic E-state index is -4.15. The molecule has 0 heterocycles. The van der Waals surface area contributed by atoms with Crippen LogP contribution in [0.1, 0.15) is 25.3 Å². The van der Waals surface area contributed by atoms with E-state index in [2.05, 4.69) is 0 Å². The third-order valence-electron chi connectivity index (χ3n) is 2.54. The second-order valence-electron chi connectivity index (χ2n) is 4.05. The zero-order valence-electron chi connectivity index (χ0n) is 10.6. The summed E-state index contributed by atoms with van der Waals surface area (Å²) < 4.78 is 39.3. The summed E-state index contributed by atoms with van der Waals surface area (Å²) >= 11 is 0. The molecule has 0 fully saturated rings. The topological polar surface area (TPSA) is 107 Å². The number of sulfonamides is 1. The maximum Gasteiger partial charge on any atom is 0.321 e. The molecular formula is C12H13FN2O4S. The van der Waals surface area contributed by atoms with Crippen molar-refractivity contribution in [2.24, 2.45) is 0 Å². The molecule has 1 rings (SSSR count). The molecule has 0 aliphatic heterocycles. The highest BCUT2D eigenvalue weighted by Gasteiger charge is 2.25. The van der Waals surface area contributed by atoms with Gasteiger partial charge in [-0.1, -0.05) is 13.3 Å². The Bertz CT molecular complexity index is 652. The van der Waals surface area contributed by atoms with Crippen LogP contribution in [0.4, 0.5) is 4.39 Å². The molecule has 20 heavy (non-hydrogen) atoms. The van der Waals surface area contributed by atoms with Crippen molar-refractivity contribution >= 4 is 16.0 Å². The fourth-order valence-electron chi connectivity index (χ4n) is 1.53. The van der Waals surface area contributed by atoms with Crippen molar-refractivity contribution in [2.45, 2.75) is 30.7 Å². The zero-order chi connectivity index (χ0) is 15.3. The normalized spacial score (nSPS) is 12.7. The van der Waals surface area contributed by atoms with Gasteiger partial charge < -0.3 is 5.11 Å². The molecule has 8 heteroatoms. The van der Waals surface area contributed by atoms with Crippen LogP contribution in [0, 0.1) is 17.1 Å². The molecule has 1 aromatic carbocycles. The summed E-state index contributed by atoms with van der Waals surface area (Å²) in [5.74, 6) is -2.28. The number of carboxylic acid groups (broad SMARTS) is 1. The lowest BCUT2D eigenvalue weighted by atomic mass is 10.2. The summed E-state index contributed by atoms with van der Waals surface area (Å²) in [5.41, 5.74) is -0.285. The molecule has 0 saturated carbocycles. The Labute approximate surface area is 115 Å². The van der Waals surface area contributed by atoms with Crippen LogP contribution < -0.4 is 4.72 Å². The Balaban J connectivity index is 3.08. The fraction of sp³-hybridized carbons (Fsp3) is 0.333. The average Bonchev–Trinajstić information content (AvgIpc) is 2.37. The van der Waals surface area contributed by atoms with Crippen LogP contribution in [0.25, 0.3) is 0 Å². The average molecular weight is 300 g/mol. The van der Waals surface area contributed by atoms with Gasteiger partial charge >= 0.3 is 5.97 Å². The number of nitrogens with zero attached hydrogens (tertiary/aromatic N) is 1. The summed E-state index contributed by atoms with van der Waals surface area (Å²) in [6, 6.07) is 3.06. The SMILES string of the molecule is CCCC(NS(=O)(=O)c1ccc(C#N)c(F)c1)C(=O)O. The first-order valence-electron chi connectivity index (χ1n) is 5.76. The van der Waals surface area contributed by atoms with Crippen LogP contribution in [0.15, 0.2) is 23.1 Å². The maximum atomic E-state index is 13.4. The molecule has 0 aliphatic rings. The molecule has 0 bridgehead atoms. The second kappa shape index (κ2) is 6.45. The van der Waals surface area contributed by atoms with Gasteiger partial charge in [-0.05, 0) is 24.6 Å². The number of nitriles is 1. The molecule has 0 spiro atoms. The van der Waals surface area contributed by atoms with Crippen LogP contribution in [0.2, 0.25) is 0 Å². The van der Waals surface area contributed by atoms with Crippen LogP contribution in [-0.2, 0) is 14.8 Å². The minimum absolute atomic E-state index is 0.118. The number of halogens is 1. The molecule has 0 saturated heterocycles. The van der Waals surface area contributed by atoms with Crippen molar-refractivity contribution in [1.29, 1.82) is 5.26 Å².